The second-order valence-electron chi connectivity index (χ2n) is 4.58. The van der Waals surface area contributed by atoms with Crippen LogP contribution < -0.4 is 5.32 Å². The van der Waals surface area contributed by atoms with Gasteiger partial charge in [-0.2, -0.15) is 0 Å². The zero-order valence-electron chi connectivity index (χ0n) is 11.2. The summed E-state index contributed by atoms with van der Waals surface area (Å²) in [6.45, 7) is 0. The summed E-state index contributed by atoms with van der Waals surface area (Å²) in [6.07, 6.45) is -1.59. The van der Waals surface area contributed by atoms with Crippen molar-refractivity contribution < 1.29 is 15.0 Å². The molecule has 2 aromatic rings. The van der Waals surface area contributed by atoms with Gasteiger partial charge in [0.15, 0.2) is 6.29 Å². The number of aliphatic hydroxyl groups is 2. The minimum Gasteiger partial charge on any atom is -0.364 e. The summed E-state index contributed by atoms with van der Waals surface area (Å²) in [7, 11) is 0. The molecule has 0 aliphatic rings. The number of halogens is 3. The van der Waals surface area contributed by atoms with Gasteiger partial charge in [0.05, 0.1) is 22.2 Å². The fourth-order valence-electron chi connectivity index (χ4n) is 1.89. The molecule has 2 rings (SSSR count). The predicted octanol–water partition coefficient (Wildman–Crippen LogP) is 3.92. The molecule has 22 heavy (non-hydrogen) atoms. The molecule has 116 valence electrons. The third kappa shape index (κ3) is 4.44. The highest BCUT2D eigenvalue weighted by Crippen LogP contribution is 2.26. The molecule has 0 heterocycles. The Bertz CT molecular complexity index is 707. The van der Waals surface area contributed by atoms with Gasteiger partial charge in [0, 0.05) is 10.0 Å². The van der Waals surface area contributed by atoms with Gasteiger partial charge in [0.2, 0.25) is 5.91 Å². The smallest absolute Gasteiger partial charge is 0.228 e. The molecule has 1 amide bonds. The Morgan fingerprint density at radius 1 is 1.14 bits per heavy atom. The molecule has 4 nitrogen and oxygen atoms in total. The number of rotatable bonds is 4. The highest BCUT2D eigenvalue weighted by atomic mass is 79.9. The molecule has 0 aromatic heterocycles. The molecule has 0 saturated carbocycles. The zero-order valence-corrected chi connectivity index (χ0v) is 14.3. The number of aliphatic hydroxyl groups excluding tert-OH is 1. The van der Waals surface area contributed by atoms with E-state index in [-0.39, 0.29) is 17.9 Å². The lowest BCUT2D eigenvalue weighted by molar-refractivity contribution is -0.115. The number of carbonyl (C=O) groups is 1. The number of hydrogen-bond acceptors (Lipinski definition) is 3. The summed E-state index contributed by atoms with van der Waals surface area (Å²) in [4.78, 5) is 12.1. The average Bonchev–Trinajstić information content (AvgIpc) is 2.42. The van der Waals surface area contributed by atoms with Crippen molar-refractivity contribution in [2.45, 2.75) is 12.7 Å². The Hall–Kier alpha value is -1.11. The van der Waals surface area contributed by atoms with E-state index in [1.165, 1.54) is 6.07 Å². The van der Waals surface area contributed by atoms with E-state index in [1.807, 2.05) is 0 Å². The first kappa shape index (κ1) is 17.2. The van der Waals surface area contributed by atoms with Gasteiger partial charge in [-0.25, -0.2) is 0 Å². The standard InChI is InChI=1S/C15H12BrCl2NO3/c16-9-2-3-10(15(21)22)13(7-9)19-14(20)6-8-1-4-11(17)12(18)5-8/h1-5,7,15,21-22H,6H2,(H,19,20). The SMILES string of the molecule is O=C(Cc1ccc(Cl)c(Cl)c1)Nc1cc(Br)ccc1C(O)O. The molecule has 0 fully saturated rings. The van der Waals surface area contributed by atoms with Crippen molar-refractivity contribution in [3.05, 3.63) is 62.0 Å². The molecule has 0 spiro atoms. The van der Waals surface area contributed by atoms with Crippen molar-refractivity contribution in [2.75, 3.05) is 5.32 Å². The van der Waals surface area contributed by atoms with E-state index in [9.17, 15) is 15.0 Å². The van der Waals surface area contributed by atoms with Crippen LogP contribution in [0.25, 0.3) is 0 Å². The van der Waals surface area contributed by atoms with Crippen molar-refractivity contribution in [1.82, 2.24) is 0 Å². The molecule has 3 N–H and O–H groups in total. The normalized spacial score (nSPS) is 10.8. The molecule has 0 unspecified atom stereocenters. The fraction of sp³-hybridized carbons (Fsp3) is 0.133. The molecule has 0 radical (unpaired) electrons. The molecular formula is C15H12BrCl2NO3. The Labute approximate surface area is 145 Å². The van der Waals surface area contributed by atoms with E-state index >= 15 is 0 Å². The predicted molar refractivity (Wildman–Crippen MR) is 90.1 cm³/mol. The summed E-state index contributed by atoms with van der Waals surface area (Å²) in [5, 5.41) is 22.1. The Morgan fingerprint density at radius 3 is 2.50 bits per heavy atom. The number of hydrogen-bond donors (Lipinski definition) is 3. The number of carbonyl (C=O) groups excluding carboxylic acids is 1. The first-order valence-corrected chi connectivity index (χ1v) is 7.81. The molecule has 0 bridgehead atoms. The Morgan fingerprint density at radius 2 is 1.86 bits per heavy atom. The molecular weight excluding hydrogens is 393 g/mol. The third-order valence-corrected chi connectivity index (χ3v) is 4.15. The van der Waals surface area contributed by atoms with Gasteiger partial charge in [-0.1, -0.05) is 51.3 Å². The highest BCUT2D eigenvalue weighted by Gasteiger charge is 2.13. The number of anilines is 1. The average molecular weight is 405 g/mol. The lowest BCUT2D eigenvalue weighted by Gasteiger charge is -2.13. The van der Waals surface area contributed by atoms with E-state index in [0.717, 1.165) is 0 Å². The van der Waals surface area contributed by atoms with Crippen LogP contribution in [0.15, 0.2) is 40.9 Å². The topological polar surface area (TPSA) is 69.6 Å². The van der Waals surface area contributed by atoms with Gasteiger partial charge in [-0.3, -0.25) is 4.79 Å². The molecule has 0 saturated heterocycles. The van der Waals surface area contributed by atoms with Gasteiger partial charge in [-0.05, 0) is 29.8 Å². The van der Waals surface area contributed by atoms with Gasteiger partial charge in [0.1, 0.15) is 0 Å². The largest absolute Gasteiger partial charge is 0.364 e. The van der Waals surface area contributed by atoms with E-state index in [2.05, 4.69) is 21.2 Å². The summed E-state index contributed by atoms with van der Waals surface area (Å²) >= 11 is 15.0. The van der Waals surface area contributed by atoms with Gasteiger partial charge < -0.3 is 15.5 Å². The minimum atomic E-state index is -1.67. The lowest BCUT2D eigenvalue weighted by atomic mass is 10.1. The van der Waals surface area contributed by atoms with E-state index < -0.39 is 6.29 Å². The van der Waals surface area contributed by atoms with Gasteiger partial charge in [0.25, 0.3) is 0 Å². The third-order valence-electron chi connectivity index (χ3n) is 2.92. The van der Waals surface area contributed by atoms with Crippen LogP contribution in [0.3, 0.4) is 0 Å². The van der Waals surface area contributed by atoms with Gasteiger partial charge >= 0.3 is 0 Å². The second-order valence-corrected chi connectivity index (χ2v) is 6.31. The Kier molecular flexibility index (Phi) is 5.83. The van der Waals surface area contributed by atoms with E-state index in [4.69, 9.17) is 23.2 Å². The van der Waals surface area contributed by atoms with Crippen molar-refractivity contribution in [2.24, 2.45) is 0 Å². The van der Waals surface area contributed by atoms with Crippen molar-refractivity contribution in [3.63, 3.8) is 0 Å². The van der Waals surface area contributed by atoms with Crippen LogP contribution in [0.1, 0.15) is 17.4 Å². The van der Waals surface area contributed by atoms with Crippen molar-refractivity contribution in [3.8, 4) is 0 Å². The van der Waals surface area contributed by atoms with Crippen LogP contribution in [-0.4, -0.2) is 16.1 Å². The number of amides is 1. The molecule has 2 aromatic carbocycles. The first-order chi connectivity index (χ1) is 10.4. The molecule has 7 heteroatoms. The van der Waals surface area contributed by atoms with Crippen molar-refractivity contribution in [1.29, 1.82) is 0 Å². The summed E-state index contributed by atoms with van der Waals surface area (Å²) in [6, 6.07) is 9.71. The number of benzene rings is 2. The summed E-state index contributed by atoms with van der Waals surface area (Å²) < 4.78 is 0.710. The lowest BCUT2D eigenvalue weighted by Crippen LogP contribution is -2.16. The maximum Gasteiger partial charge on any atom is 0.228 e. The van der Waals surface area contributed by atoms with Crippen LogP contribution in [0.4, 0.5) is 5.69 Å². The minimum absolute atomic E-state index is 0.0877. The highest BCUT2D eigenvalue weighted by molar-refractivity contribution is 9.10. The molecule has 0 aliphatic carbocycles. The van der Waals surface area contributed by atoms with Crippen molar-refractivity contribution >= 4 is 50.7 Å². The monoisotopic (exact) mass is 403 g/mol. The van der Waals surface area contributed by atoms with Crippen LogP contribution in [0, 0.1) is 0 Å². The maximum absolute atomic E-state index is 12.1. The summed E-state index contributed by atoms with van der Waals surface area (Å²) in [5.74, 6) is -0.307. The maximum atomic E-state index is 12.1. The van der Waals surface area contributed by atoms with Crippen LogP contribution in [-0.2, 0) is 11.2 Å². The number of nitrogens with one attached hydrogen (secondary N) is 1. The van der Waals surface area contributed by atoms with E-state index in [1.54, 1.807) is 30.3 Å². The fourth-order valence-corrected chi connectivity index (χ4v) is 2.57. The molecule has 0 atom stereocenters. The first-order valence-electron chi connectivity index (χ1n) is 6.26. The van der Waals surface area contributed by atoms with Crippen LogP contribution in [0.5, 0.6) is 0 Å². The molecule has 0 aliphatic heterocycles. The van der Waals surface area contributed by atoms with E-state index in [0.29, 0.717) is 25.8 Å². The quantitative estimate of drug-likeness (QED) is 0.676. The van der Waals surface area contributed by atoms with Gasteiger partial charge in [-0.15, -0.1) is 0 Å². The second kappa shape index (κ2) is 7.44. The zero-order chi connectivity index (χ0) is 16.3. The summed E-state index contributed by atoms with van der Waals surface area (Å²) in [5.41, 5.74) is 1.24. The Balaban J connectivity index is 2.15. The van der Waals surface area contributed by atoms with Crippen LogP contribution in [0.2, 0.25) is 10.0 Å². The van der Waals surface area contributed by atoms with Crippen LogP contribution >= 0.6 is 39.1 Å².